The van der Waals surface area contributed by atoms with E-state index in [-0.39, 0.29) is 15.1 Å². The molecule has 6 nitrogen and oxygen atoms in total. The lowest BCUT2D eigenvalue weighted by molar-refractivity contribution is 0.163. The zero-order chi connectivity index (χ0) is 17.0. The topological polar surface area (TPSA) is 99.7 Å². The van der Waals surface area contributed by atoms with Gasteiger partial charge in [0.1, 0.15) is 0 Å². The first-order valence-corrected chi connectivity index (χ1v) is 9.46. The first kappa shape index (κ1) is 19.4. The Labute approximate surface area is 145 Å². The third-order valence-corrected chi connectivity index (χ3v) is 6.71. The second kappa shape index (κ2) is 7.74. The Balaban J connectivity index is 3.26. The monoisotopic (exact) mass is 364 g/mol. The summed E-state index contributed by atoms with van der Waals surface area (Å²) in [6, 6.07) is 0. The first-order valence-electron chi connectivity index (χ1n) is 6.96. The van der Waals surface area contributed by atoms with Crippen LogP contribution >= 0.6 is 35.7 Å². The summed E-state index contributed by atoms with van der Waals surface area (Å²) in [6.07, 6.45) is 0.0618. The van der Waals surface area contributed by atoms with Crippen LogP contribution in [0.3, 0.4) is 0 Å². The molecule has 1 atom stereocenters. The molecule has 1 saturated heterocycles. The molecular formula is C13H24N4O2S3. The van der Waals surface area contributed by atoms with Crippen LogP contribution in [0.25, 0.3) is 0 Å². The summed E-state index contributed by atoms with van der Waals surface area (Å²) in [4.78, 5) is 11.3. The quantitative estimate of drug-likeness (QED) is 0.345. The van der Waals surface area contributed by atoms with Crippen molar-refractivity contribution in [1.82, 2.24) is 10.7 Å². The Morgan fingerprint density at radius 2 is 1.86 bits per heavy atom. The van der Waals surface area contributed by atoms with Crippen molar-refractivity contribution < 1.29 is 9.90 Å². The number of hydrogen-bond donors (Lipinski definition) is 4. The average Bonchev–Trinajstić information content (AvgIpc) is 2.37. The molecule has 22 heavy (non-hydrogen) atoms. The van der Waals surface area contributed by atoms with Gasteiger partial charge in [-0.2, -0.15) is 5.10 Å². The van der Waals surface area contributed by atoms with Crippen molar-refractivity contribution in [2.45, 2.75) is 44.2 Å². The lowest BCUT2D eigenvalue weighted by Gasteiger charge is -2.44. The minimum Gasteiger partial charge on any atom is -0.465 e. The third-order valence-electron chi connectivity index (χ3n) is 3.71. The van der Waals surface area contributed by atoms with Gasteiger partial charge in [-0.1, -0.05) is 20.8 Å². The Kier molecular flexibility index (Phi) is 6.82. The van der Waals surface area contributed by atoms with E-state index in [1.54, 1.807) is 23.5 Å². The van der Waals surface area contributed by atoms with Crippen LogP contribution in [-0.4, -0.2) is 43.7 Å². The SMILES string of the molecule is CC(C)(C)C(C)(NC(=O)O)C(=NNC(N)=S)C1SCCCS1. The highest BCUT2D eigenvalue weighted by Gasteiger charge is 2.47. The number of amides is 1. The Hall–Kier alpha value is -0.670. The largest absolute Gasteiger partial charge is 0.465 e. The van der Waals surface area contributed by atoms with E-state index in [0.29, 0.717) is 5.71 Å². The van der Waals surface area contributed by atoms with E-state index in [1.165, 1.54) is 0 Å². The molecule has 1 aliphatic rings. The van der Waals surface area contributed by atoms with Crippen LogP contribution in [0.1, 0.15) is 34.1 Å². The highest BCUT2D eigenvalue weighted by molar-refractivity contribution is 8.18. The van der Waals surface area contributed by atoms with Gasteiger partial charge in [0.2, 0.25) is 0 Å². The molecule has 1 rings (SSSR count). The molecule has 1 amide bonds. The molecule has 1 unspecified atom stereocenters. The van der Waals surface area contributed by atoms with Crippen molar-refractivity contribution in [2.75, 3.05) is 11.5 Å². The molecule has 0 aromatic heterocycles. The second-order valence-electron chi connectivity index (χ2n) is 6.21. The number of nitrogens with zero attached hydrogens (tertiary/aromatic N) is 1. The summed E-state index contributed by atoms with van der Waals surface area (Å²) in [7, 11) is 0. The van der Waals surface area contributed by atoms with E-state index >= 15 is 0 Å². The smallest absolute Gasteiger partial charge is 0.405 e. The molecule has 5 N–H and O–H groups in total. The van der Waals surface area contributed by atoms with Crippen molar-refractivity contribution in [3.8, 4) is 0 Å². The van der Waals surface area contributed by atoms with Crippen LogP contribution in [0.4, 0.5) is 4.79 Å². The number of rotatable bonds is 4. The standard InChI is InChI=1S/C13H24N4O2S3/c1-12(2,3)13(4,15-11(18)19)8(16-17-10(14)20)9-21-6-5-7-22-9/h9,15H,5-7H2,1-4H3,(H,18,19)(H3,14,17,20). The van der Waals surface area contributed by atoms with E-state index in [2.05, 4.69) is 15.8 Å². The van der Waals surface area contributed by atoms with Crippen LogP contribution in [0, 0.1) is 5.41 Å². The highest BCUT2D eigenvalue weighted by Crippen LogP contribution is 2.40. The Morgan fingerprint density at radius 1 is 1.32 bits per heavy atom. The summed E-state index contributed by atoms with van der Waals surface area (Å²) in [5.41, 5.74) is 7.61. The van der Waals surface area contributed by atoms with Crippen molar-refractivity contribution in [2.24, 2.45) is 16.3 Å². The van der Waals surface area contributed by atoms with Gasteiger partial charge in [0.25, 0.3) is 0 Å². The van der Waals surface area contributed by atoms with Gasteiger partial charge in [-0.15, -0.1) is 23.5 Å². The van der Waals surface area contributed by atoms with Crippen LogP contribution in [-0.2, 0) is 0 Å². The van der Waals surface area contributed by atoms with E-state index in [9.17, 15) is 9.90 Å². The molecule has 0 saturated carbocycles. The average molecular weight is 365 g/mol. The normalized spacial score (nSPS) is 20.1. The minimum absolute atomic E-state index is 0.0617. The second-order valence-corrected chi connectivity index (χ2v) is 9.37. The summed E-state index contributed by atoms with van der Waals surface area (Å²) < 4.78 is 0.0617. The summed E-state index contributed by atoms with van der Waals surface area (Å²) >= 11 is 8.37. The number of carboxylic acid groups (broad SMARTS) is 1. The van der Waals surface area contributed by atoms with Crippen LogP contribution in [0.2, 0.25) is 0 Å². The van der Waals surface area contributed by atoms with Gasteiger partial charge < -0.3 is 16.2 Å². The van der Waals surface area contributed by atoms with Gasteiger partial charge in [0.05, 0.1) is 15.8 Å². The van der Waals surface area contributed by atoms with Crippen molar-refractivity contribution in [1.29, 1.82) is 0 Å². The van der Waals surface area contributed by atoms with E-state index < -0.39 is 11.6 Å². The van der Waals surface area contributed by atoms with Gasteiger partial charge in [-0.05, 0) is 42.5 Å². The summed E-state index contributed by atoms with van der Waals surface area (Å²) in [5.74, 6) is 2.05. The van der Waals surface area contributed by atoms with Gasteiger partial charge in [-0.3, -0.25) is 5.43 Å². The number of nitrogens with one attached hydrogen (secondary N) is 2. The lowest BCUT2D eigenvalue weighted by atomic mass is 9.72. The predicted molar refractivity (Wildman–Crippen MR) is 99.7 cm³/mol. The van der Waals surface area contributed by atoms with E-state index in [4.69, 9.17) is 18.0 Å². The van der Waals surface area contributed by atoms with E-state index in [1.807, 2.05) is 27.7 Å². The molecule has 0 radical (unpaired) electrons. The summed E-state index contributed by atoms with van der Waals surface area (Å²) in [5, 5.41) is 16.4. The number of thiocarbonyl (C=S) groups is 1. The molecule has 0 bridgehead atoms. The molecule has 1 fully saturated rings. The Morgan fingerprint density at radius 3 is 2.27 bits per heavy atom. The molecule has 126 valence electrons. The number of nitrogens with two attached hydrogens (primary N) is 1. The van der Waals surface area contributed by atoms with Crippen molar-refractivity contribution in [3.63, 3.8) is 0 Å². The number of hydrogen-bond acceptors (Lipinski definition) is 5. The molecule has 0 aromatic carbocycles. The predicted octanol–water partition coefficient (Wildman–Crippen LogP) is 2.44. The zero-order valence-electron chi connectivity index (χ0n) is 13.3. The van der Waals surface area contributed by atoms with Crippen LogP contribution in [0.5, 0.6) is 0 Å². The molecule has 1 heterocycles. The van der Waals surface area contributed by atoms with Crippen LogP contribution < -0.4 is 16.5 Å². The maximum absolute atomic E-state index is 11.3. The van der Waals surface area contributed by atoms with Crippen molar-refractivity contribution in [3.05, 3.63) is 0 Å². The molecule has 1 aliphatic heterocycles. The third kappa shape index (κ3) is 4.92. The van der Waals surface area contributed by atoms with E-state index in [0.717, 1.165) is 17.9 Å². The molecular weight excluding hydrogens is 340 g/mol. The molecule has 0 aromatic rings. The summed E-state index contributed by atoms with van der Waals surface area (Å²) in [6.45, 7) is 7.81. The number of thioether (sulfide) groups is 2. The molecule has 9 heteroatoms. The Bertz CT molecular complexity index is 459. The van der Waals surface area contributed by atoms with Crippen LogP contribution in [0.15, 0.2) is 5.10 Å². The minimum atomic E-state index is -1.08. The fourth-order valence-corrected chi connectivity index (χ4v) is 5.14. The number of hydrazone groups is 1. The van der Waals surface area contributed by atoms with Gasteiger partial charge in [-0.25, -0.2) is 4.79 Å². The fraction of sp³-hybridized carbons (Fsp3) is 0.769. The number of carbonyl (C=O) groups is 1. The van der Waals surface area contributed by atoms with Gasteiger partial charge in [0.15, 0.2) is 5.11 Å². The van der Waals surface area contributed by atoms with Gasteiger partial charge >= 0.3 is 6.09 Å². The van der Waals surface area contributed by atoms with Crippen molar-refractivity contribution >= 4 is 52.7 Å². The molecule has 0 spiro atoms. The maximum Gasteiger partial charge on any atom is 0.405 e. The molecule has 0 aliphatic carbocycles. The lowest BCUT2D eigenvalue weighted by Crippen LogP contribution is -2.62. The fourth-order valence-electron chi connectivity index (χ4n) is 2.01. The van der Waals surface area contributed by atoms with Gasteiger partial charge in [0, 0.05) is 0 Å². The maximum atomic E-state index is 11.3. The first-order chi connectivity index (χ1) is 10.1. The zero-order valence-corrected chi connectivity index (χ0v) is 15.8. The highest BCUT2D eigenvalue weighted by atomic mass is 32.2.